The van der Waals surface area contributed by atoms with Crippen molar-refractivity contribution in [3.63, 3.8) is 0 Å². The van der Waals surface area contributed by atoms with Gasteiger partial charge in [0.05, 0.1) is 27.4 Å². The molecule has 8 nitrogen and oxygen atoms in total. The fraction of sp³-hybridized carbons (Fsp3) is 0.333. The predicted octanol–water partition coefficient (Wildman–Crippen LogP) is 5.17. The highest BCUT2D eigenvalue weighted by Gasteiger charge is 2.22. The number of hydrogen-bond acceptors (Lipinski definition) is 6. The molecule has 198 valence electrons. The molecular weight excluding hydrogens is 514 g/mol. The summed E-state index contributed by atoms with van der Waals surface area (Å²) >= 11 is 7.63. The molecule has 1 aromatic heterocycles. The number of nitrogens with one attached hydrogen (secondary N) is 1. The predicted molar refractivity (Wildman–Crippen MR) is 147 cm³/mol. The standard InChI is InChI=1S/C27H32ClN3O5S/c1-34-14-13-31(27(33)29-22-7-4-6-21(28)17-22)19-26(32)30(18-23-8-5-15-37-23)12-11-20-9-10-24(35-2)25(16-20)36-3/h4-10,15-17H,11-14,18-19H2,1-3H3,(H,29,33). The van der Waals surface area contributed by atoms with E-state index in [1.54, 1.807) is 61.8 Å². The van der Waals surface area contributed by atoms with Crippen LogP contribution >= 0.6 is 22.9 Å². The molecule has 0 aliphatic carbocycles. The van der Waals surface area contributed by atoms with Crippen LogP contribution in [0.1, 0.15) is 10.4 Å². The molecule has 0 fully saturated rings. The summed E-state index contributed by atoms with van der Waals surface area (Å²) in [5, 5.41) is 5.31. The monoisotopic (exact) mass is 545 g/mol. The SMILES string of the molecule is COCCN(CC(=O)N(CCc1ccc(OC)c(OC)c1)Cc1cccs1)C(=O)Nc1cccc(Cl)c1. The Bertz CT molecular complexity index is 1160. The van der Waals surface area contributed by atoms with Gasteiger partial charge in [-0.2, -0.15) is 0 Å². The lowest BCUT2D eigenvalue weighted by atomic mass is 10.1. The number of methoxy groups -OCH3 is 3. The molecule has 1 N–H and O–H groups in total. The summed E-state index contributed by atoms with van der Waals surface area (Å²) in [5.74, 6) is 1.13. The average Bonchev–Trinajstić information content (AvgIpc) is 3.41. The third-order valence-electron chi connectivity index (χ3n) is 5.65. The molecule has 0 bridgehead atoms. The van der Waals surface area contributed by atoms with Gasteiger partial charge >= 0.3 is 6.03 Å². The van der Waals surface area contributed by atoms with Crippen molar-refractivity contribution >= 4 is 40.6 Å². The van der Waals surface area contributed by atoms with Gasteiger partial charge in [0.15, 0.2) is 11.5 Å². The van der Waals surface area contributed by atoms with Gasteiger partial charge in [0, 0.05) is 35.8 Å². The number of carbonyl (C=O) groups excluding carboxylic acids is 2. The first-order chi connectivity index (χ1) is 17.9. The number of hydrogen-bond donors (Lipinski definition) is 1. The van der Waals surface area contributed by atoms with E-state index in [1.807, 2.05) is 35.7 Å². The fourth-order valence-corrected chi connectivity index (χ4v) is 4.58. The number of benzene rings is 2. The Morgan fingerprint density at radius 3 is 2.43 bits per heavy atom. The number of rotatable bonds is 13. The molecule has 10 heteroatoms. The lowest BCUT2D eigenvalue weighted by Crippen LogP contribution is -2.46. The highest BCUT2D eigenvalue weighted by Crippen LogP contribution is 2.28. The van der Waals surface area contributed by atoms with Gasteiger partial charge in [0.1, 0.15) is 6.54 Å². The van der Waals surface area contributed by atoms with Crippen molar-refractivity contribution in [3.8, 4) is 11.5 Å². The molecule has 0 aliphatic heterocycles. The number of anilines is 1. The zero-order chi connectivity index (χ0) is 26.6. The maximum absolute atomic E-state index is 13.5. The fourth-order valence-electron chi connectivity index (χ4n) is 3.67. The Hall–Kier alpha value is -3.27. The second-order valence-electron chi connectivity index (χ2n) is 8.19. The van der Waals surface area contributed by atoms with E-state index in [9.17, 15) is 9.59 Å². The lowest BCUT2D eigenvalue weighted by Gasteiger charge is -2.28. The highest BCUT2D eigenvalue weighted by molar-refractivity contribution is 7.09. The average molecular weight is 546 g/mol. The van der Waals surface area contributed by atoms with Gasteiger partial charge in [-0.1, -0.05) is 29.8 Å². The molecule has 37 heavy (non-hydrogen) atoms. The molecule has 0 radical (unpaired) electrons. The molecule has 3 aromatic rings. The van der Waals surface area contributed by atoms with Crippen molar-refractivity contribution in [2.24, 2.45) is 0 Å². The van der Waals surface area contributed by atoms with Gasteiger partial charge < -0.3 is 29.3 Å². The number of ether oxygens (including phenoxy) is 3. The van der Waals surface area contributed by atoms with E-state index >= 15 is 0 Å². The Balaban J connectivity index is 1.73. The summed E-state index contributed by atoms with van der Waals surface area (Å²) in [6.07, 6.45) is 0.615. The third-order valence-corrected chi connectivity index (χ3v) is 6.75. The molecule has 1 heterocycles. The molecule has 2 aromatic carbocycles. The van der Waals surface area contributed by atoms with Crippen LogP contribution in [0.3, 0.4) is 0 Å². The molecule has 0 saturated heterocycles. The maximum Gasteiger partial charge on any atom is 0.322 e. The van der Waals surface area contributed by atoms with E-state index in [2.05, 4.69) is 5.32 Å². The Morgan fingerprint density at radius 1 is 0.946 bits per heavy atom. The molecule has 0 atom stereocenters. The van der Waals surface area contributed by atoms with Gasteiger partial charge in [-0.25, -0.2) is 4.79 Å². The second kappa shape index (κ2) is 14.5. The van der Waals surface area contributed by atoms with E-state index in [1.165, 1.54) is 4.90 Å². The van der Waals surface area contributed by atoms with Crippen LogP contribution in [-0.4, -0.2) is 69.3 Å². The van der Waals surface area contributed by atoms with Crippen LogP contribution in [0.25, 0.3) is 0 Å². The van der Waals surface area contributed by atoms with Crippen molar-refractivity contribution in [1.82, 2.24) is 9.80 Å². The van der Waals surface area contributed by atoms with E-state index < -0.39 is 6.03 Å². The minimum atomic E-state index is -0.399. The summed E-state index contributed by atoms with van der Waals surface area (Å²) in [5.41, 5.74) is 1.56. The van der Waals surface area contributed by atoms with Crippen molar-refractivity contribution in [1.29, 1.82) is 0 Å². The van der Waals surface area contributed by atoms with Crippen LogP contribution in [0.5, 0.6) is 11.5 Å². The molecule has 0 spiro atoms. The first-order valence-electron chi connectivity index (χ1n) is 11.7. The summed E-state index contributed by atoms with van der Waals surface area (Å²) in [6.45, 7) is 1.40. The van der Waals surface area contributed by atoms with Crippen molar-refractivity contribution in [3.05, 3.63) is 75.4 Å². The number of amides is 3. The Morgan fingerprint density at radius 2 is 1.76 bits per heavy atom. The third kappa shape index (κ3) is 8.66. The number of urea groups is 1. The number of carbonyl (C=O) groups is 2. The van der Waals surface area contributed by atoms with Crippen molar-refractivity contribution < 1.29 is 23.8 Å². The van der Waals surface area contributed by atoms with Gasteiger partial charge in [-0.3, -0.25) is 4.79 Å². The van der Waals surface area contributed by atoms with E-state index in [4.69, 9.17) is 25.8 Å². The van der Waals surface area contributed by atoms with E-state index in [0.29, 0.717) is 48.3 Å². The molecule has 0 unspecified atom stereocenters. The van der Waals surface area contributed by atoms with Gasteiger partial charge in [0.2, 0.25) is 5.91 Å². The van der Waals surface area contributed by atoms with Gasteiger partial charge in [-0.15, -0.1) is 11.3 Å². The van der Waals surface area contributed by atoms with Crippen LogP contribution in [0.15, 0.2) is 60.0 Å². The quantitative estimate of drug-likeness (QED) is 0.320. The largest absolute Gasteiger partial charge is 0.493 e. The summed E-state index contributed by atoms with van der Waals surface area (Å²) in [4.78, 5) is 30.8. The van der Waals surface area contributed by atoms with Crippen molar-refractivity contribution in [2.75, 3.05) is 52.9 Å². The van der Waals surface area contributed by atoms with Gasteiger partial charge in [-0.05, 0) is 53.8 Å². The minimum absolute atomic E-state index is 0.0902. The zero-order valence-electron chi connectivity index (χ0n) is 21.2. The lowest BCUT2D eigenvalue weighted by molar-refractivity contribution is -0.132. The number of nitrogens with zero attached hydrogens (tertiary/aromatic N) is 2. The molecular formula is C27H32ClN3O5S. The second-order valence-corrected chi connectivity index (χ2v) is 9.66. The van der Waals surface area contributed by atoms with Crippen molar-refractivity contribution in [2.45, 2.75) is 13.0 Å². The molecule has 3 amide bonds. The summed E-state index contributed by atoms with van der Waals surface area (Å²) in [6, 6.07) is 16.2. The van der Waals surface area contributed by atoms with Crippen LogP contribution in [0.2, 0.25) is 5.02 Å². The van der Waals surface area contributed by atoms with Gasteiger partial charge in [0.25, 0.3) is 0 Å². The van der Waals surface area contributed by atoms with E-state index in [0.717, 1.165) is 10.4 Å². The summed E-state index contributed by atoms with van der Waals surface area (Å²) < 4.78 is 15.9. The topological polar surface area (TPSA) is 80.3 Å². The highest BCUT2D eigenvalue weighted by atomic mass is 35.5. The van der Waals surface area contributed by atoms with Crippen LogP contribution in [0, 0.1) is 0 Å². The first-order valence-corrected chi connectivity index (χ1v) is 13.0. The molecule has 3 rings (SSSR count). The Labute approximate surface area is 226 Å². The van der Waals surface area contributed by atoms with Crippen LogP contribution < -0.4 is 14.8 Å². The summed E-state index contributed by atoms with van der Waals surface area (Å²) in [7, 11) is 4.75. The maximum atomic E-state index is 13.5. The zero-order valence-corrected chi connectivity index (χ0v) is 22.8. The molecule has 0 saturated carbocycles. The minimum Gasteiger partial charge on any atom is -0.493 e. The van der Waals surface area contributed by atoms with Crippen LogP contribution in [-0.2, 0) is 22.5 Å². The number of thiophene rings is 1. The molecule has 0 aliphatic rings. The van der Waals surface area contributed by atoms with Crippen LogP contribution in [0.4, 0.5) is 10.5 Å². The van der Waals surface area contributed by atoms with E-state index in [-0.39, 0.29) is 19.0 Å². The number of halogens is 1. The first kappa shape index (κ1) is 28.3. The smallest absolute Gasteiger partial charge is 0.322 e. The Kier molecular flexibility index (Phi) is 11.1. The normalized spacial score (nSPS) is 10.6.